The van der Waals surface area contributed by atoms with Gasteiger partial charge >= 0.3 is 11.9 Å². The van der Waals surface area contributed by atoms with Crippen molar-refractivity contribution in [3.8, 4) is 0 Å². The van der Waals surface area contributed by atoms with Crippen LogP contribution in [0.25, 0.3) is 0 Å². The second kappa shape index (κ2) is 49.7. The smallest absolute Gasteiger partial charge is 0.306 e. The maximum atomic E-state index is 12.9. The first kappa shape index (κ1) is 65.2. The van der Waals surface area contributed by atoms with Gasteiger partial charge in [0, 0.05) is 12.8 Å². The van der Waals surface area contributed by atoms with Crippen molar-refractivity contribution < 1.29 is 49.0 Å². The molecule has 6 unspecified atom stereocenters. The topological polar surface area (TPSA) is 152 Å². The lowest BCUT2D eigenvalue weighted by molar-refractivity contribution is -0.305. The van der Waals surface area contributed by atoms with Gasteiger partial charge in [0.05, 0.1) is 13.2 Å². The van der Waals surface area contributed by atoms with E-state index in [4.69, 9.17) is 18.9 Å². The first-order chi connectivity index (χ1) is 33.8. The first-order valence-electron chi connectivity index (χ1n) is 29.4. The molecule has 69 heavy (non-hydrogen) atoms. The molecule has 1 rings (SSSR count). The Balaban J connectivity index is 2.19. The molecule has 6 atom stereocenters. The lowest BCUT2D eigenvalue weighted by Gasteiger charge is -2.39. The summed E-state index contributed by atoms with van der Waals surface area (Å²) in [4.78, 5) is 25.6. The molecule has 1 saturated heterocycles. The van der Waals surface area contributed by atoms with Gasteiger partial charge in [-0.15, -0.1) is 0 Å². The number of hydrogen-bond acceptors (Lipinski definition) is 10. The number of hydrogen-bond donors (Lipinski definition) is 4. The predicted molar refractivity (Wildman–Crippen MR) is 284 cm³/mol. The van der Waals surface area contributed by atoms with Crippen LogP contribution in [0.2, 0.25) is 0 Å². The number of allylic oxidation sites excluding steroid dienone is 4. The van der Waals surface area contributed by atoms with E-state index in [2.05, 4.69) is 38.2 Å². The van der Waals surface area contributed by atoms with Crippen molar-refractivity contribution in [2.24, 2.45) is 0 Å². The van der Waals surface area contributed by atoms with Gasteiger partial charge in [-0.2, -0.15) is 0 Å². The summed E-state index contributed by atoms with van der Waals surface area (Å²) in [5.41, 5.74) is 0. The Hall–Kier alpha value is -1.82. The fourth-order valence-corrected chi connectivity index (χ4v) is 9.22. The number of carbonyl (C=O) groups excluding carboxylic acids is 2. The van der Waals surface area contributed by atoms with Gasteiger partial charge in [-0.05, 0) is 44.9 Å². The zero-order chi connectivity index (χ0) is 50.1. The molecule has 0 aliphatic carbocycles. The SMILES string of the molecule is CCCCCCC/C=C\C/C=C\CCCCCCCCCCCC(=O)OC(COC(=O)CCCCCCCCCCCCCCCCCCCCCCCCC)COC1OC(CO)C(O)C(O)C1O. The van der Waals surface area contributed by atoms with Gasteiger partial charge in [0.1, 0.15) is 31.0 Å². The molecule has 0 saturated carbocycles. The van der Waals surface area contributed by atoms with E-state index in [1.54, 1.807) is 0 Å². The molecule has 0 aromatic heterocycles. The molecule has 10 heteroatoms. The van der Waals surface area contributed by atoms with Gasteiger partial charge in [-0.3, -0.25) is 9.59 Å². The highest BCUT2D eigenvalue weighted by Crippen LogP contribution is 2.23. The summed E-state index contributed by atoms with van der Waals surface area (Å²) in [5, 5.41) is 40.3. The van der Waals surface area contributed by atoms with Crippen molar-refractivity contribution in [1.82, 2.24) is 0 Å². The molecular formula is C59H110O10. The fraction of sp³-hybridized carbons (Fsp3) is 0.898. The monoisotopic (exact) mass is 979 g/mol. The number of aliphatic hydroxyl groups is 4. The van der Waals surface area contributed by atoms with Gasteiger partial charge in [0.2, 0.25) is 0 Å². The van der Waals surface area contributed by atoms with Gasteiger partial charge in [-0.25, -0.2) is 0 Å². The molecule has 0 bridgehead atoms. The Morgan fingerprint density at radius 3 is 1.20 bits per heavy atom. The van der Waals surface area contributed by atoms with Crippen LogP contribution >= 0.6 is 0 Å². The molecule has 4 N–H and O–H groups in total. The van der Waals surface area contributed by atoms with E-state index < -0.39 is 49.4 Å². The second-order valence-corrected chi connectivity index (χ2v) is 20.5. The zero-order valence-corrected chi connectivity index (χ0v) is 44.8. The van der Waals surface area contributed by atoms with Crippen molar-refractivity contribution in [2.75, 3.05) is 19.8 Å². The van der Waals surface area contributed by atoms with Crippen molar-refractivity contribution in [2.45, 2.75) is 320 Å². The maximum absolute atomic E-state index is 12.9. The third-order valence-electron chi connectivity index (χ3n) is 13.8. The van der Waals surface area contributed by atoms with Gasteiger partial charge in [0.25, 0.3) is 0 Å². The van der Waals surface area contributed by atoms with Crippen LogP contribution in [0.1, 0.15) is 284 Å². The minimum Gasteiger partial charge on any atom is -0.462 e. The molecular weight excluding hydrogens is 869 g/mol. The Bertz CT molecular complexity index is 1180. The van der Waals surface area contributed by atoms with Crippen LogP contribution in [0.3, 0.4) is 0 Å². The van der Waals surface area contributed by atoms with Crippen molar-refractivity contribution in [3.63, 3.8) is 0 Å². The van der Waals surface area contributed by atoms with E-state index in [9.17, 15) is 30.0 Å². The minimum absolute atomic E-state index is 0.214. The average Bonchev–Trinajstić information content (AvgIpc) is 3.35. The summed E-state index contributed by atoms with van der Waals surface area (Å²) in [6.07, 6.45) is 51.9. The van der Waals surface area contributed by atoms with E-state index in [-0.39, 0.29) is 32.0 Å². The molecule has 406 valence electrons. The van der Waals surface area contributed by atoms with Gasteiger partial charge in [0.15, 0.2) is 12.4 Å². The fourth-order valence-electron chi connectivity index (χ4n) is 9.22. The molecule has 0 radical (unpaired) electrons. The second-order valence-electron chi connectivity index (χ2n) is 20.5. The van der Waals surface area contributed by atoms with Crippen molar-refractivity contribution >= 4 is 11.9 Å². The van der Waals surface area contributed by atoms with Crippen molar-refractivity contribution in [3.05, 3.63) is 24.3 Å². The summed E-state index contributed by atoms with van der Waals surface area (Å²) in [6.45, 7) is 3.47. The molecule has 0 amide bonds. The third kappa shape index (κ3) is 40.4. The first-order valence-corrected chi connectivity index (χ1v) is 29.4. The van der Waals surface area contributed by atoms with Crippen LogP contribution in [-0.4, -0.2) is 89.0 Å². The lowest BCUT2D eigenvalue weighted by Crippen LogP contribution is -2.59. The van der Waals surface area contributed by atoms with Crippen LogP contribution in [0.15, 0.2) is 24.3 Å². The van der Waals surface area contributed by atoms with Crippen LogP contribution < -0.4 is 0 Å². The number of ether oxygens (including phenoxy) is 4. The normalized spacial score (nSPS) is 19.0. The Kier molecular flexibility index (Phi) is 47.0. The number of unbranched alkanes of at least 4 members (excludes halogenated alkanes) is 36. The van der Waals surface area contributed by atoms with Crippen LogP contribution in [0.5, 0.6) is 0 Å². The van der Waals surface area contributed by atoms with E-state index in [1.807, 2.05) is 0 Å². The van der Waals surface area contributed by atoms with E-state index in [0.29, 0.717) is 6.42 Å². The molecule has 10 nitrogen and oxygen atoms in total. The predicted octanol–water partition coefficient (Wildman–Crippen LogP) is 14.8. The molecule has 0 aromatic carbocycles. The molecule has 1 heterocycles. The summed E-state index contributed by atoms with van der Waals surface area (Å²) in [7, 11) is 0. The maximum Gasteiger partial charge on any atom is 0.306 e. The highest BCUT2D eigenvalue weighted by atomic mass is 16.7. The average molecular weight is 980 g/mol. The van der Waals surface area contributed by atoms with Crippen LogP contribution in [-0.2, 0) is 28.5 Å². The summed E-state index contributed by atoms with van der Waals surface area (Å²) >= 11 is 0. The zero-order valence-electron chi connectivity index (χ0n) is 44.8. The summed E-state index contributed by atoms with van der Waals surface area (Å²) in [6, 6.07) is 0. The Morgan fingerprint density at radius 2 is 0.812 bits per heavy atom. The number of esters is 2. The van der Waals surface area contributed by atoms with Crippen molar-refractivity contribution in [1.29, 1.82) is 0 Å². The quantitative estimate of drug-likeness (QED) is 0.0263. The van der Waals surface area contributed by atoms with E-state index in [0.717, 1.165) is 51.4 Å². The number of rotatable bonds is 51. The lowest BCUT2D eigenvalue weighted by atomic mass is 9.99. The van der Waals surface area contributed by atoms with E-state index in [1.165, 1.54) is 199 Å². The van der Waals surface area contributed by atoms with Gasteiger partial charge < -0.3 is 39.4 Å². The highest BCUT2D eigenvalue weighted by molar-refractivity contribution is 5.70. The molecule has 1 aliphatic heterocycles. The largest absolute Gasteiger partial charge is 0.462 e. The van der Waals surface area contributed by atoms with Crippen LogP contribution in [0, 0.1) is 0 Å². The standard InChI is InChI=1S/C59H110O10/c1-3-5-7-9-11-13-15-17-19-21-23-25-26-28-29-31-33-35-37-39-41-43-45-47-54(61)66-50-52(51-67-59-58(65)57(64)56(63)53(49-60)69-59)68-55(62)48-46-44-42-40-38-36-34-32-30-27-24-22-20-18-16-14-12-10-8-6-4-2/h16,18,22,24,52-53,56-60,63-65H,3-15,17,19-21,23,25-51H2,1-2H3/b18-16-,24-22-. The van der Waals surface area contributed by atoms with E-state index >= 15 is 0 Å². The van der Waals surface area contributed by atoms with Crippen LogP contribution in [0.4, 0.5) is 0 Å². The third-order valence-corrected chi connectivity index (χ3v) is 13.8. The molecule has 1 fully saturated rings. The number of aliphatic hydroxyl groups excluding tert-OH is 4. The summed E-state index contributed by atoms with van der Waals surface area (Å²) in [5.74, 6) is -0.794. The Labute approximate surface area is 423 Å². The number of carbonyl (C=O) groups is 2. The van der Waals surface area contributed by atoms with Gasteiger partial charge in [-0.1, -0.05) is 250 Å². The summed E-state index contributed by atoms with van der Waals surface area (Å²) < 4.78 is 22.3. The molecule has 0 aromatic rings. The minimum atomic E-state index is -1.59. The molecule has 1 aliphatic rings. The molecule has 0 spiro atoms. The Morgan fingerprint density at radius 1 is 0.449 bits per heavy atom. The highest BCUT2D eigenvalue weighted by Gasteiger charge is 2.44.